The van der Waals surface area contributed by atoms with E-state index in [4.69, 9.17) is 10.6 Å². The van der Waals surface area contributed by atoms with E-state index in [-0.39, 0.29) is 0 Å². The summed E-state index contributed by atoms with van der Waals surface area (Å²) in [6.45, 7) is 3.67. The van der Waals surface area contributed by atoms with Crippen LogP contribution in [0.25, 0.3) is 0 Å². The molecule has 0 spiro atoms. The smallest absolute Gasteiger partial charge is 0.145 e. The first-order chi connectivity index (χ1) is 8.30. The second-order valence-corrected chi connectivity index (χ2v) is 3.68. The molecule has 0 unspecified atom stereocenters. The number of anilines is 2. The van der Waals surface area contributed by atoms with Crippen LogP contribution in [0.15, 0.2) is 6.07 Å². The van der Waals surface area contributed by atoms with Crippen LogP contribution in [0.3, 0.4) is 0 Å². The molecular weight excluding hydrogens is 218 g/mol. The zero-order valence-electron chi connectivity index (χ0n) is 10.5. The summed E-state index contributed by atoms with van der Waals surface area (Å²) in [6, 6.07) is 1.80. The molecule has 17 heavy (non-hydrogen) atoms. The lowest BCUT2D eigenvalue weighted by Gasteiger charge is -2.08. The summed E-state index contributed by atoms with van der Waals surface area (Å²) in [5.41, 5.74) is 2.54. The molecule has 0 saturated heterocycles. The van der Waals surface area contributed by atoms with Gasteiger partial charge in [0.2, 0.25) is 0 Å². The van der Waals surface area contributed by atoms with Gasteiger partial charge in [-0.3, -0.25) is 0 Å². The minimum atomic E-state index is 0.635. The number of aromatic nitrogens is 2. The van der Waals surface area contributed by atoms with Gasteiger partial charge in [0.1, 0.15) is 17.5 Å². The third-order valence-electron chi connectivity index (χ3n) is 2.32. The molecule has 1 heterocycles. The lowest BCUT2D eigenvalue weighted by molar-refractivity contribution is 0.194. The first-order valence-corrected chi connectivity index (χ1v) is 5.87. The fraction of sp³-hybridized carbons (Fsp3) is 0.636. The topological polar surface area (TPSA) is 85.1 Å². The van der Waals surface area contributed by atoms with Crippen LogP contribution in [0.1, 0.15) is 25.6 Å². The van der Waals surface area contributed by atoms with Gasteiger partial charge >= 0.3 is 0 Å². The molecule has 1 rings (SSSR count). The highest BCUT2D eigenvalue weighted by Crippen LogP contribution is 2.10. The van der Waals surface area contributed by atoms with Crippen molar-refractivity contribution in [3.63, 3.8) is 0 Å². The maximum absolute atomic E-state index is 5.35. The van der Waals surface area contributed by atoms with Crippen molar-refractivity contribution >= 4 is 11.6 Å². The van der Waals surface area contributed by atoms with E-state index >= 15 is 0 Å². The number of nitrogens with two attached hydrogens (primary N) is 1. The molecule has 96 valence electrons. The van der Waals surface area contributed by atoms with Gasteiger partial charge in [0.05, 0.1) is 0 Å². The van der Waals surface area contributed by atoms with Crippen molar-refractivity contribution in [1.82, 2.24) is 9.97 Å². The van der Waals surface area contributed by atoms with Gasteiger partial charge in [-0.05, 0) is 12.8 Å². The van der Waals surface area contributed by atoms with Gasteiger partial charge in [-0.2, -0.15) is 0 Å². The maximum Gasteiger partial charge on any atom is 0.145 e. The molecule has 0 aliphatic rings. The Kier molecular flexibility index (Phi) is 6.27. The third kappa shape index (κ3) is 4.97. The van der Waals surface area contributed by atoms with Crippen LogP contribution >= 0.6 is 0 Å². The fourth-order valence-corrected chi connectivity index (χ4v) is 1.41. The number of aryl methyl sites for hydroxylation is 1. The van der Waals surface area contributed by atoms with Crippen molar-refractivity contribution in [3.8, 4) is 0 Å². The Morgan fingerprint density at radius 2 is 2.06 bits per heavy atom. The second-order valence-electron chi connectivity index (χ2n) is 3.68. The zero-order chi connectivity index (χ0) is 12.5. The van der Waals surface area contributed by atoms with E-state index in [0.717, 1.165) is 44.1 Å². The summed E-state index contributed by atoms with van der Waals surface area (Å²) in [5, 5.41) is 3.25. The molecule has 1 aromatic heterocycles. The summed E-state index contributed by atoms with van der Waals surface area (Å²) in [7, 11) is 1.71. The molecule has 6 heteroatoms. The van der Waals surface area contributed by atoms with E-state index < -0.39 is 0 Å². The molecule has 1 aromatic rings. The van der Waals surface area contributed by atoms with Crippen LogP contribution in [-0.4, -0.2) is 30.2 Å². The lowest BCUT2D eigenvalue weighted by Crippen LogP contribution is -2.12. The SMILES string of the molecule is CCc1nc(NN)cc(NCCCCOC)n1. The second kappa shape index (κ2) is 7.81. The van der Waals surface area contributed by atoms with Crippen LogP contribution in [0, 0.1) is 0 Å². The normalized spacial score (nSPS) is 10.3. The number of hydrazine groups is 1. The molecule has 0 aliphatic carbocycles. The van der Waals surface area contributed by atoms with Gasteiger partial charge in [0, 0.05) is 32.7 Å². The number of nitrogen functional groups attached to an aromatic ring is 1. The van der Waals surface area contributed by atoms with Gasteiger partial charge in [0.25, 0.3) is 0 Å². The predicted octanol–water partition coefficient (Wildman–Crippen LogP) is 1.16. The Hall–Kier alpha value is -1.40. The molecule has 0 fully saturated rings. The third-order valence-corrected chi connectivity index (χ3v) is 2.32. The Morgan fingerprint density at radius 3 is 2.71 bits per heavy atom. The van der Waals surface area contributed by atoms with Crippen LogP contribution in [0.4, 0.5) is 11.6 Å². The monoisotopic (exact) mass is 239 g/mol. The highest BCUT2D eigenvalue weighted by molar-refractivity contribution is 5.46. The largest absolute Gasteiger partial charge is 0.385 e. The average molecular weight is 239 g/mol. The number of ether oxygens (including phenoxy) is 1. The zero-order valence-corrected chi connectivity index (χ0v) is 10.5. The number of hydrogen-bond donors (Lipinski definition) is 3. The summed E-state index contributed by atoms with van der Waals surface area (Å²) < 4.78 is 4.99. The molecule has 4 N–H and O–H groups in total. The highest BCUT2D eigenvalue weighted by Gasteiger charge is 2.01. The molecule has 0 bridgehead atoms. The van der Waals surface area contributed by atoms with Gasteiger partial charge in [-0.25, -0.2) is 15.8 Å². The lowest BCUT2D eigenvalue weighted by atomic mass is 10.3. The van der Waals surface area contributed by atoms with Crippen molar-refractivity contribution < 1.29 is 4.74 Å². The summed E-state index contributed by atoms with van der Waals surface area (Å²) >= 11 is 0. The average Bonchev–Trinajstić information content (AvgIpc) is 2.38. The van der Waals surface area contributed by atoms with Crippen LogP contribution in [0.2, 0.25) is 0 Å². The summed E-state index contributed by atoms with van der Waals surface area (Å²) in [6.07, 6.45) is 2.87. The Morgan fingerprint density at radius 1 is 1.29 bits per heavy atom. The molecule has 0 aromatic carbocycles. The van der Waals surface area contributed by atoms with Gasteiger partial charge in [-0.15, -0.1) is 0 Å². The van der Waals surface area contributed by atoms with Crippen molar-refractivity contribution in [2.24, 2.45) is 5.84 Å². The minimum Gasteiger partial charge on any atom is -0.385 e. The number of rotatable bonds is 8. The van der Waals surface area contributed by atoms with E-state index in [0.29, 0.717) is 5.82 Å². The van der Waals surface area contributed by atoms with Crippen LogP contribution in [-0.2, 0) is 11.2 Å². The highest BCUT2D eigenvalue weighted by atomic mass is 16.5. The number of hydrogen-bond acceptors (Lipinski definition) is 6. The number of nitrogens with zero attached hydrogens (tertiary/aromatic N) is 2. The number of methoxy groups -OCH3 is 1. The van der Waals surface area contributed by atoms with E-state index in [1.165, 1.54) is 0 Å². The quantitative estimate of drug-likeness (QED) is 0.358. The standard InChI is InChI=1S/C11H21N5O/c1-3-9-14-10(8-11(15-9)16-12)13-6-4-5-7-17-2/h8H,3-7,12H2,1-2H3,(H2,13,14,15,16). The Balaban J connectivity index is 2.46. The summed E-state index contributed by atoms with van der Waals surface area (Å²) in [4.78, 5) is 8.59. The van der Waals surface area contributed by atoms with Crippen molar-refractivity contribution in [1.29, 1.82) is 0 Å². The number of unbranched alkanes of at least 4 members (excludes halogenated alkanes) is 1. The van der Waals surface area contributed by atoms with Crippen molar-refractivity contribution in [3.05, 3.63) is 11.9 Å². The first kappa shape index (κ1) is 13.7. The van der Waals surface area contributed by atoms with Gasteiger partial charge in [-0.1, -0.05) is 6.92 Å². The van der Waals surface area contributed by atoms with Gasteiger partial charge in [0.15, 0.2) is 0 Å². The molecule has 0 amide bonds. The first-order valence-electron chi connectivity index (χ1n) is 5.87. The van der Waals surface area contributed by atoms with E-state index in [1.807, 2.05) is 6.92 Å². The molecule has 0 atom stereocenters. The molecule has 0 aliphatic heterocycles. The molecule has 0 saturated carbocycles. The molecule has 6 nitrogen and oxygen atoms in total. The van der Waals surface area contributed by atoms with Crippen molar-refractivity contribution in [2.75, 3.05) is 31.0 Å². The fourth-order valence-electron chi connectivity index (χ4n) is 1.41. The van der Waals surface area contributed by atoms with Crippen molar-refractivity contribution in [2.45, 2.75) is 26.2 Å². The molecule has 0 radical (unpaired) electrons. The Bertz CT molecular complexity index is 309. The predicted molar refractivity (Wildman–Crippen MR) is 68.8 cm³/mol. The summed E-state index contributed by atoms with van der Waals surface area (Å²) in [5.74, 6) is 7.57. The maximum atomic E-state index is 5.35. The van der Waals surface area contributed by atoms with E-state index in [1.54, 1.807) is 13.2 Å². The van der Waals surface area contributed by atoms with E-state index in [2.05, 4.69) is 20.7 Å². The molecular formula is C11H21N5O. The van der Waals surface area contributed by atoms with Crippen LogP contribution < -0.4 is 16.6 Å². The van der Waals surface area contributed by atoms with Crippen LogP contribution in [0.5, 0.6) is 0 Å². The van der Waals surface area contributed by atoms with Gasteiger partial charge < -0.3 is 15.5 Å². The van der Waals surface area contributed by atoms with E-state index in [9.17, 15) is 0 Å². The number of nitrogens with one attached hydrogen (secondary N) is 2. The minimum absolute atomic E-state index is 0.635. The Labute approximate surface area is 102 Å².